The van der Waals surface area contributed by atoms with Gasteiger partial charge < -0.3 is 5.32 Å². The van der Waals surface area contributed by atoms with Gasteiger partial charge in [0.15, 0.2) is 16.0 Å². The van der Waals surface area contributed by atoms with Crippen LogP contribution in [0.2, 0.25) is 0 Å². The number of hydrogen-bond donors (Lipinski definition) is 1. The topological polar surface area (TPSA) is 94.2 Å². The van der Waals surface area contributed by atoms with Gasteiger partial charge in [-0.1, -0.05) is 6.92 Å². The number of aromatic nitrogens is 5. The molecule has 0 fully saturated rings. The van der Waals surface area contributed by atoms with Crippen molar-refractivity contribution in [2.45, 2.75) is 18.4 Å². The highest BCUT2D eigenvalue weighted by molar-refractivity contribution is 9.10. The number of pyridine rings is 2. The molecule has 0 aliphatic heterocycles. The molecule has 4 rings (SSSR count). The number of fused-ring (bicyclic) bond motifs is 2. The second-order valence-corrected chi connectivity index (χ2v) is 7.65. The van der Waals surface area contributed by atoms with Gasteiger partial charge in [0, 0.05) is 17.1 Å². The maximum Gasteiger partial charge on any atom is 0.224 e. The Morgan fingerprint density at radius 1 is 1.27 bits per heavy atom. The molecule has 4 aromatic heterocycles. The zero-order valence-corrected chi connectivity index (χ0v) is 16.0. The number of carbonyl (C=O) groups excluding carboxylic acids is 1. The van der Waals surface area contributed by atoms with Crippen molar-refractivity contribution in [3.63, 3.8) is 0 Å². The lowest BCUT2D eigenvalue weighted by atomic mass is 10.3. The number of hydrogen-bond acceptors (Lipinski definition) is 5. The van der Waals surface area contributed by atoms with E-state index in [1.807, 2.05) is 12.1 Å². The van der Waals surface area contributed by atoms with Crippen LogP contribution in [0, 0.1) is 0 Å². The molecule has 4 aromatic rings. The van der Waals surface area contributed by atoms with E-state index in [0.29, 0.717) is 33.8 Å². The third kappa shape index (κ3) is 2.90. The predicted octanol–water partition coefficient (Wildman–Crippen LogP) is 2.76. The highest BCUT2D eigenvalue weighted by Gasteiger charge is 2.17. The van der Waals surface area contributed by atoms with Crippen molar-refractivity contribution in [3.8, 4) is 0 Å². The van der Waals surface area contributed by atoms with Crippen LogP contribution in [0.3, 0.4) is 0 Å². The van der Waals surface area contributed by atoms with Crippen LogP contribution < -0.4 is 5.32 Å². The largest absolute Gasteiger partial charge is 0.325 e. The molecule has 1 amide bonds. The first-order valence-corrected chi connectivity index (χ1v) is 9.65. The van der Waals surface area contributed by atoms with E-state index >= 15 is 0 Å². The SMILES string of the molecule is CCC(=O)Nc1cnc2cnn(S(=O)c3cnc4ccc(Br)cn34)c2c1. The van der Waals surface area contributed by atoms with E-state index in [0.717, 1.165) is 4.47 Å². The predicted molar refractivity (Wildman–Crippen MR) is 101 cm³/mol. The van der Waals surface area contributed by atoms with Crippen LogP contribution in [0.4, 0.5) is 5.69 Å². The van der Waals surface area contributed by atoms with Crippen molar-refractivity contribution in [2.24, 2.45) is 0 Å². The van der Waals surface area contributed by atoms with Crippen LogP contribution in [0.25, 0.3) is 16.7 Å². The maximum atomic E-state index is 13.1. The van der Waals surface area contributed by atoms with E-state index in [9.17, 15) is 9.00 Å². The Morgan fingerprint density at radius 3 is 2.92 bits per heavy atom. The van der Waals surface area contributed by atoms with Gasteiger partial charge >= 0.3 is 0 Å². The molecular weight excluding hydrogens is 420 g/mol. The van der Waals surface area contributed by atoms with Crippen molar-refractivity contribution in [1.29, 1.82) is 0 Å². The lowest BCUT2D eigenvalue weighted by Crippen LogP contribution is -2.11. The first-order valence-electron chi connectivity index (χ1n) is 7.75. The summed E-state index contributed by atoms with van der Waals surface area (Å²) in [4.78, 5) is 20.1. The van der Waals surface area contributed by atoms with E-state index in [2.05, 4.69) is 36.3 Å². The summed E-state index contributed by atoms with van der Waals surface area (Å²) in [6.07, 6.45) is 6.81. The second-order valence-electron chi connectivity index (χ2n) is 5.47. The average Bonchev–Trinajstić information content (AvgIpc) is 3.24. The highest BCUT2D eigenvalue weighted by atomic mass is 79.9. The van der Waals surface area contributed by atoms with E-state index < -0.39 is 11.0 Å². The van der Waals surface area contributed by atoms with Gasteiger partial charge in [0.25, 0.3) is 0 Å². The molecule has 0 aliphatic rings. The second kappa shape index (κ2) is 6.61. The molecule has 0 aromatic carbocycles. The molecule has 1 unspecified atom stereocenters. The van der Waals surface area contributed by atoms with Crippen LogP contribution >= 0.6 is 15.9 Å². The summed E-state index contributed by atoms with van der Waals surface area (Å²) in [5, 5.41) is 7.44. The summed E-state index contributed by atoms with van der Waals surface area (Å²) in [5.41, 5.74) is 2.36. The van der Waals surface area contributed by atoms with Crippen molar-refractivity contribution >= 4 is 55.2 Å². The van der Waals surface area contributed by atoms with E-state index in [-0.39, 0.29) is 5.91 Å². The molecule has 4 heterocycles. The van der Waals surface area contributed by atoms with Gasteiger partial charge in [-0.15, -0.1) is 0 Å². The zero-order chi connectivity index (χ0) is 18.3. The minimum absolute atomic E-state index is 0.120. The lowest BCUT2D eigenvalue weighted by Gasteiger charge is -2.06. The molecule has 0 aliphatic carbocycles. The van der Waals surface area contributed by atoms with Crippen LogP contribution in [0.15, 0.2) is 52.5 Å². The van der Waals surface area contributed by atoms with E-state index in [1.165, 1.54) is 10.3 Å². The van der Waals surface area contributed by atoms with E-state index in [4.69, 9.17) is 0 Å². The monoisotopic (exact) mass is 432 g/mol. The summed E-state index contributed by atoms with van der Waals surface area (Å²) in [7, 11) is -1.63. The van der Waals surface area contributed by atoms with Gasteiger partial charge in [0.2, 0.25) is 5.91 Å². The zero-order valence-electron chi connectivity index (χ0n) is 13.6. The minimum Gasteiger partial charge on any atom is -0.325 e. The van der Waals surface area contributed by atoms with Crippen molar-refractivity contribution in [2.75, 3.05) is 5.32 Å². The van der Waals surface area contributed by atoms with Gasteiger partial charge in [-0.2, -0.15) is 9.19 Å². The lowest BCUT2D eigenvalue weighted by molar-refractivity contribution is -0.115. The Balaban J connectivity index is 1.80. The Bertz CT molecular complexity index is 1170. The summed E-state index contributed by atoms with van der Waals surface area (Å²) < 4.78 is 17.1. The van der Waals surface area contributed by atoms with Gasteiger partial charge in [-0.25, -0.2) is 9.19 Å². The fourth-order valence-electron chi connectivity index (χ4n) is 2.49. The third-order valence-corrected chi connectivity index (χ3v) is 5.50. The Hall–Kier alpha value is -2.59. The molecule has 1 N–H and O–H groups in total. The van der Waals surface area contributed by atoms with Crippen LogP contribution in [-0.2, 0) is 15.8 Å². The number of amides is 1. The van der Waals surface area contributed by atoms with Crippen LogP contribution in [-0.4, -0.2) is 33.7 Å². The Morgan fingerprint density at radius 2 is 2.12 bits per heavy atom. The number of carbonyl (C=O) groups is 1. The molecule has 0 saturated carbocycles. The molecule has 0 bridgehead atoms. The first kappa shape index (κ1) is 16.9. The average molecular weight is 433 g/mol. The molecular formula is C16H13BrN6O2S. The number of halogens is 1. The van der Waals surface area contributed by atoms with Gasteiger partial charge in [0.05, 0.1) is 24.3 Å². The molecule has 8 nitrogen and oxygen atoms in total. The molecule has 0 spiro atoms. The van der Waals surface area contributed by atoms with Crippen LogP contribution in [0.5, 0.6) is 0 Å². The van der Waals surface area contributed by atoms with Gasteiger partial charge in [0.1, 0.15) is 16.7 Å². The molecule has 0 radical (unpaired) electrons. The number of rotatable bonds is 4. The van der Waals surface area contributed by atoms with Gasteiger partial charge in [-0.3, -0.25) is 14.2 Å². The molecule has 1 atom stereocenters. The number of anilines is 1. The third-order valence-electron chi connectivity index (χ3n) is 3.76. The molecule has 0 saturated heterocycles. The molecule has 10 heteroatoms. The first-order chi connectivity index (χ1) is 12.6. The normalized spacial score (nSPS) is 12.5. The number of nitrogens with zero attached hydrogens (tertiary/aromatic N) is 5. The highest BCUT2D eigenvalue weighted by Crippen LogP contribution is 2.21. The quantitative estimate of drug-likeness (QED) is 0.534. The fourth-order valence-corrected chi connectivity index (χ4v) is 3.91. The molecule has 26 heavy (non-hydrogen) atoms. The minimum atomic E-state index is -1.63. The Kier molecular flexibility index (Phi) is 4.29. The number of imidazole rings is 1. The van der Waals surface area contributed by atoms with Crippen molar-refractivity contribution in [3.05, 3.63) is 47.5 Å². The smallest absolute Gasteiger partial charge is 0.224 e. The number of nitrogens with one attached hydrogen (secondary N) is 1. The van der Waals surface area contributed by atoms with E-state index in [1.54, 1.807) is 36.0 Å². The maximum absolute atomic E-state index is 13.1. The fraction of sp³-hybridized carbons (Fsp3) is 0.125. The summed E-state index contributed by atoms with van der Waals surface area (Å²) in [6.45, 7) is 1.77. The van der Waals surface area contributed by atoms with Crippen molar-refractivity contribution < 1.29 is 9.00 Å². The standard InChI is InChI=1S/C16H13BrN6O2S/c1-2-15(24)21-11-5-13-12(18-6-11)7-20-23(13)26(25)16-8-19-14-4-3-10(17)9-22(14)16/h3-9H,2H2,1H3,(H,21,24). The summed E-state index contributed by atoms with van der Waals surface area (Å²) >= 11 is 3.41. The van der Waals surface area contributed by atoms with Crippen LogP contribution in [0.1, 0.15) is 13.3 Å². The Labute approximate surface area is 159 Å². The van der Waals surface area contributed by atoms with Crippen molar-refractivity contribution in [1.82, 2.24) is 23.6 Å². The summed E-state index contributed by atoms with van der Waals surface area (Å²) in [6, 6.07) is 5.40. The summed E-state index contributed by atoms with van der Waals surface area (Å²) in [5.74, 6) is -0.120. The molecule has 132 valence electrons. The van der Waals surface area contributed by atoms with Gasteiger partial charge in [-0.05, 0) is 34.1 Å².